The lowest BCUT2D eigenvalue weighted by molar-refractivity contribution is -0.137. The van der Waals surface area contributed by atoms with Gasteiger partial charge in [-0.3, -0.25) is 4.79 Å². The van der Waals surface area contributed by atoms with Crippen LogP contribution in [-0.4, -0.2) is 25.7 Å². The van der Waals surface area contributed by atoms with E-state index in [1.54, 1.807) is 6.92 Å². The minimum atomic E-state index is -4.46. The third kappa shape index (κ3) is 4.66. The molecular formula is C12H16ClF3N2O2. The largest absolute Gasteiger partial charge is 0.416 e. The van der Waals surface area contributed by atoms with Gasteiger partial charge in [0.25, 0.3) is 5.91 Å². The van der Waals surface area contributed by atoms with Crippen molar-refractivity contribution < 1.29 is 22.7 Å². The number of rotatable bonds is 4. The van der Waals surface area contributed by atoms with Gasteiger partial charge >= 0.3 is 6.18 Å². The van der Waals surface area contributed by atoms with E-state index in [0.717, 1.165) is 12.1 Å². The average Bonchev–Trinajstić information content (AvgIpc) is 2.32. The van der Waals surface area contributed by atoms with E-state index in [1.165, 1.54) is 13.2 Å². The molecular weight excluding hydrogens is 297 g/mol. The van der Waals surface area contributed by atoms with Gasteiger partial charge in [-0.15, -0.1) is 12.4 Å². The van der Waals surface area contributed by atoms with Crippen LogP contribution in [0.1, 0.15) is 11.1 Å². The number of benzene rings is 1. The predicted molar refractivity (Wildman–Crippen MR) is 71.9 cm³/mol. The first-order valence-corrected chi connectivity index (χ1v) is 5.51. The van der Waals surface area contributed by atoms with E-state index in [-0.39, 0.29) is 24.6 Å². The van der Waals surface area contributed by atoms with E-state index < -0.39 is 23.8 Å². The molecule has 20 heavy (non-hydrogen) atoms. The molecule has 1 amide bonds. The van der Waals surface area contributed by atoms with E-state index in [2.05, 4.69) is 5.32 Å². The lowest BCUT2D eigenvalue weighted by atomic mass is 10.1. The quantitative estimate of drug-likeness (QED) is 0.897. The lowest BCUT2D eigenvalue weighted by Gasteiger charge is -2.16. The van der Waals surface area contributed by atoms with Crippen LogP contribution in [-0.2, 0) is 15.7 Å². The predicted octanol–water partition coefficient (Wildman–Crippen LogP) is 2.35. The van der Waals surface area contributed by atoms with Crippen molar-refractivity contribution in [2.45, 2.75) is 19.2 Å². The molecule has 1 rings (SSSR count). The summed E-state index contributed by atoms with van der Waals surface area (Å²) in [6.45, 7) is 1.54. The van der Waals surface area contributed by atoms with E-state index in [0.29, 0.717) is 5.56 Å². The van der Waals surface area contributed by atoms with E-state index in [1.807, 2.05) is 0 Å². The van der Waals surface area contributed by atoms with Gasteiger partial charge in [0.15, 0.2) is 0 Å². The van der Waals surface area contributed by atoms with Crippen molar-refractivity contribution in [1.29, 1.82) is 0 Å². The van der Waals surface area contributed by atoms with E-state index in [4.69, 9.17) is 10.5 Å². The van der Waals surface area contributed by atoms with Crippen molar-refractivity contribution in [2.75, 3.05) is 19.0 Å². The maximum Gasteiger partial charge on any atom is 0.416 e. The second-order valence-electron chi connectivity index (χ2n) is 3.98. The van der Waals surface area contributed by atoms with Gasteiger partial charge in [-0.1, -0.05) is 6.07 Å². The Balaban J connectivity index is 0.00000361. The number of nitrogens with two attached hydrogens (primary N) is 1. The van der Waals surface area contributed by atoms with Crippen LogP contribution in [0.4, 0.5) is 18.9 Å². The number of aryl methyl sites for hydroxylation is 1. The van der Waals surface area contributed by atoms with Gasteiger partial charge in [-0.2, -0.15) is 13.2 Å². The zero-order valence-electron chi connectivity index (χ0n) is 11.0. The molecule has 0 saturated heterocycles. The summed E-state index contributed by atoms with van der Waals surface area (Å²) in [5.41, 5.74) is 5.10. The van der Waals surface area contributed by atoms with Gasteiger partial charge in [0.1, 0.15) is 6.10 Å². The summed E-state index contributed by atoms with van der Waals surface area (Å²) in [7, 11) is 1.30. The first-order valence-electron chi connectivity index (χ1n) is 5.51. The average molecular weight is 313 g/mol. The van der Waals surface area contributed by atoms with Crippen LogP contribution in [0.15, 0.2) is 18.2 Å². The standard InChI is InChI=1S/C12H15F3N2O2.ClH/c1-7-3-4-8(12(13,14)15)5-9(7)17-11(18)10(6-16)19-2;/h3-5,10H,6,16H2,1-2H3,(H,17,18);1H. The molecule has 0 aliphatic heterocycles. The Morgan fingerprint density at radius 2 is 2.05 bits per heavy atom. The van der Waals surface area contributed by atoms with Crippen LogP contribution in [0.5, 0.6) is 0 Å². The fourth-order valence-electron chi connectivity index (χ4n) is 1.46. The first-order chi connectivity index (χ1) is 8.79. The van der Waals surface area contributed by atoms with Gasteiger partial charge in [0.2, 0.25) is 0 Å². The summed E-state index contributed by atoms with van der Waals surface area (Å²) in [5, 5.41) is 2.38. The number of hydrogen-bond acceptors (Lipinski definition) is 3. The summed E-state index contributed by atoms with van der Waals surface area (Å²) in [6.07, 6.45) is -5.35. The Kier molecular flexibility index (Phi) is 6.98. The van der Waals surface area contributed by atoms with Gasteiger partial charge in [0, 0.05) is 19.3 Å². The SMILES string of the molecule is COC(CN)C(=O)Nc1cc(C(F)(F)F)ccc1C.Cl. The summed E-state index contributed by atoms with van der Waals surface area (Å²) < 4.78 is 42.5. The molecule has 114 valence electrons. The second-order valence-corrected chi connectivity index (χ2v) is 3.98. The number of nitrogens with one attached hydrogen (secondary N) is 1. The van der Waals surface area contributed by atoms with Crippen LogP contribution in [0.25, 0.3) is 0 Å². The monoisotopic (exact) mass is 312 g/mol. The molecule has 0 aromatic heterocycles. The normalized spacial score (nSPS) is 12.5. The van der Waals surface area contributed by atoms with Gasteiger partial charge < -0.3 is 15.8 Å². The number of hydrogen-bond donors (Lipinski definition) is 2. The molecule has 0 heterocycles. The molecule has 0 spiro atoms. The molecule has 0 fully saturated rings. The molecule has 8 heteroatoms. The Hall–Kier alpha value is -1.31. The van der Waals surface area contributed by atoms with E-state index in [9.17, 15) is 18.0 Å². The molecule has 4 nitrogen and oxygen atoms in total. The number of anilines is 1. The lowest BCUT2D eigenvalue weighted by Crippen LogP contribution is -2.36. The van der Waals surface area contributed by atoms with Gasteiger partial charge in [-0.05, 0) is 24.6 Å². The molecule has 0 radical (unpaired) electrons. The van der Waals surface area contributed by atoms with Crippen LogP contribution < -0.4 is 11.1 Å². The third-order valence-corrected chi connectivity index (χ3v) is 2.61. The molecule has 1 atom stereocenters. The maximum atomic E-state index is 12.6. The number of methoxy groups -OCH3 is 1. The van der Waals surface area contributed by atoms with Crippen LogP contribution >= 0.6 is 12.4 Å². The summed E-state index contributed by atoms with van der Waals surface area (Å²) in [6, 6.07) is 3.14. The molecule has 0 saturated carbocycles. The molecule has 0 bridgehead atoms. The van der Waals surface area contributed by atoms with E-state index >= 15 is 0 Å². The number of ether oxygens (including phenoxy) is 1. The molecule has 1 aromatic carbocycles. The highest BCUT2D eigenvalue weighted by molar-refractivity contribution is 5.95. The number of alkyl halides is 3. The zero-order chi connectivity index (χ0) is 14.6. The smallest absolute Gasteiger partial charge is 0.370 e. The summed E-state index contributed by atoms with van der Waals surface area (Å²) >= 11 is 0. The maximum absolute atomic E-state index is 12.6. The van der Waals surface area contributed by atoms with Crippen molar-refractivity contribution in [3.05, 3.63) is 29.3 Å². The number of halogens is 4. The summed E-state index contributed by atoms with van der Waals surface area (Å²) in [4.78, 5) is 11.7. The molecule has 1 aromatic rings. The Labute approximate surface area is 120 Å². The number of carbonyl (C=O) groups is 1. The van der Waals surface area contributed by atoms with Crippen molar-refractivity contribution in [2.24, 2.45) is 5.73 Å². The number of amides is 1. The fourth-order valence-corrected chi connectivity index (χ4v) is 1.46. The first kappa shape index (κ1) is 18.7. The van der Waals surface area contributed by atoms with Crippen molar-refractivity contribution >= 4 is 24.0 Å². The van der Waals surface area contributed by atoms with Gasteiger partial charge in [-0.25, -0.2) is 0 Å². The van der Waals surface area contributed by atoms with Gasteiger partial charge in [0.05, 0.1) is 5.56 Å². The Morgan fingerprint density at radius 3 is 2.50 bits per heavy atom. The fraction of sp³-hybridized carbons (Fsp3) is 0.417. The topological polar surface area (TPSA) is 64.3 Å². The highest BCUT2D eigenvalue weighted by atomic mass is 35.5. The van der Waals surface area contributed by atoms with Crippen LogP contribution in [0.2, 0.25) is 0 Å². The third-order valence-electron chi connectivity index (χ3n) is 2.61. The molecule has 0 aliphatic rings. The summed E-state index contributed by atoms with van der Waals surface area (Å²) in [5.74, 6) is -0.576. The minimum absolute atomic E-state index is 0. The van der Waals surface area contributed by atoms with Crippen LogP contribution in [0, 0.1) is 6.92 Å². The van der Waals surface area contributed by atoms with Crippen molar-refractivity contribution in [1.82, 2.24) is 0 Å². The Morgan fingerprint density at radius 1 is 1.45 bits per heavy atom. The highest BCUT2D eigenvalue weighted by Gasteiger charge is 2.31. The van der Waals surface area contributed by atoms with Crippen LogP contribution in [0.3, 0.4) is 0 Å². The van der Waals surface area contributed by atoms with Crippen molar-refractivity contribution in [3.8, 4) is 0 Å². The Bertz CT molecular complexity index is 463. The van der Waals surface area contributed by atoms with Crippen molar-refractivity contribution in [3.63, 3.8) is 0 Å². The molecule has 3 N–H and O–H groups in total. The zero-order valence-corrected chi connectivity index (χ0v) is 11.8. The second kappa shape index (κ2) is 7.47. The number of carbonyl (C=O) groups excluding carboxylic acids is 1. The molecule has 1 unspecified atom stereocenters. The molecule has 0 aliphatic carbocycles. The minimum Gasteiger partial charge on any atom is -0.370 e. The highest BCUT2D eigenvalue weighted by Crippen LogP contribution is 2.32.